The molecule has 0 saturated carbocycles. The van der Waals surface area contributed by atoms with Gasteiger partial charge in [-0.25, -0.2) is 0 Å². The molecular formula is C10H17NO. The number of hydrogen-bond donors (Lipinski definition) is 1. The molecule has 68 valence electrons. The quantitative estimate of drug-likeness (QED) is 0.498. The molecule has 0 aromatic carbocycles. The molecule has 0 amide bonds. The molecule has 0 bridgehead atoms. The van der Waals surface area contributed by atoms with Crippen molar-refractivity contribution < 1.29 is 5.11 Å². The second-order valence-corrected chi connectivity index (χ2v) is 3.83. The summed E-state index contributed by atoms with van der Waals surface area (Å²) in [5, 5.41) is 9.64. The maximum Gasteiger partial charge on any atom is 0.0758 e. The Bertz CT molecular complexity index is 181. The van der Waals surface area contributed by atoms with Crippen LogP contribution in [0.5, 0.6) is 0 Å². The maximum atomic E-state index is 9.64. The summed E-state index contributed by atoms with van der Waals surface area (Å²) in [5.74, 6) is 2.62. The van der Waals surface area contributed by atoms with E-state index in [9.17, 15) is 5.11 Å². The van der Waals surface area contributed by atoms with E-state index in [1.807, 2.05) is 6.92 Å². The Labute approximate surface area is 74.6 Å². The molecule has 2 nitrogen and oxygen atoms in total. The van der Waals surface area contributed by atoms with Crippen LogP contribution in [0.1, 0.15) is 26.2 Å². The zero-order valence-corrected chi connectivity index (χ0v) is 7.71. The van der Waals surface area contributed by atoms with Crippen molar-refractivity contribution >= 4 is 0 Å². The third-order valence-corrected chi connectivity index (χ3v) is 2.33. The SMILES string of the molecule is C#CCCCN1CCC(C)(O)C1. The van der Waals surface area contributed by atoms with Crippen LogP contribution in [0.4, 0.5) is 0 Å². The molecule has 1 heterocycles. The first-order valence-electron chi connectivity index (χ1n) is 4.52. The van der Waals surface area contributed by atoms with E-state index < -0.39 is 5.60 Å². The van der Waals surface area contributed by atoms with Gasteiger partial charge in [-0.3, -0.25) is 0 Å². The molecule has 1 unspecified atom stereocenters. The minimum Gasteiger partial charge on any atom is -0.389 e. The molecular weight excluding hydrogens is 150 g/mol. The van der Waals surface area contributed by atoms with Crippen LogP contribution in [-0.2, 0) is 0 Å². The van der Waals surface area contributed by atoms with Gasteiger partial charge in [0.15, 0.2) is 0 Å². The first kappa shape index (κ1) is 9.57. The van der Waals surface area contributed by atoms with E-state index in [0.717, 1.165) is 38.9 Å². The monoisotopic (exact) mass is 167 g/mol. The van der Waals surface area contributed by atoms with Crippen molar-refractivity contribution in [3.05, 3.63) is 0 Å². The van der Waals surface area contributed by atoms with Crippen LogP contribution in [0.2, 0.25) is 0 Å². The summed E-state index contributed by atoms with van der Waals surface area (Å²) in [5.41, 5.74) is -0.462. The van der Waals surface area contributed by atoms with Gasteiger partial charge in [0.25, 0.3) is 0 Å². The highest BCUT2D eigenvalue weighted by molar-refractivity contribution is 4.87. The number of aliphatic hydroxyl groups is 1. The van der Waals surface area contributed by atoms with E-state index in [1.165, 1.54) is 0 Å². The van der Waals surface area contributed by atoms with Crippen LogP contribution in [0.3, 0.4) is 0 Å². The van der Waals surface area contributed by atoms with E-state index in [-0.39, 0.29) is 0 Å². The number of hydrogen-bond acceptors (Lipinski definition) is 2. The molecule has 1 atom stereocenters. The minimum absolute atomic E-state index is 0.462. The first-order valence-corrected chi connectivity index (χ1v) is 4.52. The Balaban J connectivity index is 2.16. The third kappa shape index (κ3) is 2.84. The topological polar surface area (TPSA) is 23.5 Å². The summed E-state index contributed by atoms with van der Waals surface area (Å²) < 4.78 is 0. The molecule has 0 aromatic heterocycles. The number of β-amino-alcohol motifs (C(OH)–C–C–N with tert-alkyl or cyclic N) is 1. The lowest BCUT2D eigenvalue weighted by Crippen LogP contribution is -2.30. The van der Waals surface area contributed by atoms with Crippen LogP contribution in [-0.4, -0.2) is 35.2 Å². The van der Waals surface area contributed by atoms with Crippen LogP contribution >= 0.6 is 0 Å². The fourth-order valence-electron chi connectivity index (χ4n) is 1.63. The summed E-state index contributed by atoms with van der Waals surface area (Å²) >= 11 is 0. The molecule has 1 fully saturated rings. The van der Waals surface area contributed by atoms with Gasteiger partial charge in [0, 0.05) is 19.5 Å². The predicted molar refractivity (Wildman–Crippen MR) is 49.7 cm³/mol. The lowest BCUT2D eigenvalue weighted by molar-refractivity contribution is 0.0687. The number of rotatable bonds is 3. The molecule has 0 radical (unpaired) electrons. The van der Waals surface area contributed by atoms with Crippen molar-refractivity contribution in [3.63, 3.8) is 0 Å². The van der Waals surface area contributed by atoms with Crippen molar-refractivity contribution in [2.75, 3.05) is 19.6 Å². The van der Waals surface area contributed by atoms with Gasteiger partial charge in [0.1, 0.15) is 0 Å². The Morgan fingerprint density at radius 1 is 1.67 bits per heavy atom. The fraction of sp³-hybridized carbons (Fsp3) is 0.800. The Kier molecular flexibility index (Phi) is 3.13. The van der Waals surface area contributed by atoms with E-state index in [2.05, 4.69) is 10.8 Å². The molecule has 1 saturated heterocycles. The van der Waals surface area contributed by atoms with Crippen molar-refractivity contribution in [1.82, 2.24) is 4.90 Å². The molecule has 12 heavy (non-hydrogen) atoms. The third-order valence-electron chi connectivity index (χ3n) is 2.33. The Morgan fingerprint density at radius 3 is 2.92 bits per heavy atom. The van der Waals surface area contributed by atoms with Gasteiger partial charge >= 0.3 is 0 Å². The zero-order valence-electron chi connectivity index (χ0n) is 7.71. The average Bonchev–Trinajstić information content (AvgIpc) is 2.31. The van der Waals surface area contributed by atoms with Crippen molar-refractivity contribution in [2.45, 2.75) is 31.8 Å². The zero-order chi connectivity index (χ0) is 9.03. The highest BCUT2D eigenvalue weighted by Gasteiger charge is 2.30. The molecule has 1 aliphatic heterocycles. The second-order valence-electron chi connectivity index (χ2n) is 3.83. The van der Waals surface area contributed by atoms with E-state index in [4.69, 9.17) is 6.42 Å². The summed E-state index contributed by atoms with van der Waals surface area (Å²) in [7, 11) is 0. The standard InChI is InChI=1S/C10H17NO/c1-3-4-5-7-11-8-6-10(2,12)9-11/h1,12H,4-9H2,2H3. The van der Waals surface area contributed by atoms with Gasteiger partial charge in [0.05, 0.1) is 5.60 Å². The van der Waals surface area contributed by atoms with E-state index >= 15 is 0 Å². The van der Waals surface area contributed by atoms with Gasteiger partial charge < -0.3 is 10.0 Å². The summed E-state index contributed by atoms with van der Waals surface area (Å²) in [4.78, 5) is 2.28. The number of unbranched alkanes of at least 4 members (excludes halogenated alkanes) is 1. The molecule has 2 heteroatoms. The van der Waals surface area contributed by atoms with Crippen LogP contribution in [0, 0.1) is 12.3 Å². The summed E-state index contributed by atoms with van der Waals surface area (Å²) in [6, 6.07) is 0. The summed E-state index contributed by atoms with van der Waals surface area (Å²) in [6.45, 7) is 4.74. The second kappa shape index (κ2) is 3.93. The first-order chi connectivity index (χ1) is 5.64. The van der Waals surface area contributed by atoms with Gasteiger partial charge in [0.2, 0.25) is 0 Å². The predicted octanol–water partition coefficient (Wildman–Crippen LogP) is 0.857. The van der Waals surface area contributed by atoms with Crippen LogP contribution in [0.25, 0.3) is 0 Å². The minimum atomic E-state index is -0.462. The Morgan fingerprint density at radius 2 is 2.42 bits per heavy atom. The van der Waals surface area contributed by atoms with E-state index in [1.54, 1.807) is 0 Å². The molecule has 1 N–H and O–H groups in total. The molecule has 1 rings (SSSR count). The number of nitrogens with zero attached hydrogens (tertiary/aromatic N) is 1. The maximum absolute atomic E-state index is 9.64. The molecule has 0 aliphatic carbocycles. The van der Waals surface area contributed by atoms with Crippen molar-refractivity contribution in [1.29, 1.82) is 0 Å². The van der Waals surface area contributed by atoms with Gasteiger partial charge in [-0.2, -0.15) is 0 Å². The summed E-state index contributed by atoms with van der Waals surface area (Å²) in [6.07, 6.45) is 7.93. The lowest BCUT2D eigenvalue weighted by atomic mass is 10.1. The lowest BCUT2D eigenvalue weighted by Gasteiger charge is -2.17. The average molecular weight is 167 g/mol. The van der Waals surface area contributed by atoms with Gasteiger partial charge in [-0.1, -0.05) is 0 Å². The number of terminal acetylenes is 1. The molecule has 1 aliphatic rings. The highest BCUT2D eigenvalue weighted by Crippen LogP contribution is 2.19. The van der Waals surface area contributed by atoms with Crippen LogP contribution < -0.4 is 0 Å². The molecule has 0 aromatic rings. The van der Waals surface area contributed by atoms with Crippen LogP contribution in [0.15, 0.2) is 0 Å². The molecule has 0 spiro atoms. The Hall–Kier alpha value is -0.520. The van der Waals surface area contributed by atoms with E-state index in [0.29, 0.717) is 0 Å². The normalized spacial score (nSPS) is 30.4. The largest absolute Gasteiger partial charge is 0.389 e. The number of likely N-dealkylation sites (tertiary alicyclic amines) is 1. The smallest absolute Gasteiger partial charge is 0.0758 e. The van der Waals surface area contributed by atoms with Crippen molar-refractivity contribution in [2.24, 2.45) is 0 Å². The van der Waals surface area contributed by atoms with Gasteiger partial charge in [-0.15, -0.1) is 12.3 Å². The fourth-order valence-corrected chi connectivity index (χ4v) is 1.63. The highest BCUT2D eigenvalue weighted by atomic mass is 16.3. The van der Waals surface area contributed by atoms with Gasteiger partial charge in [-0.05, 0) is 26.3 Å². The van der Waals surface area contributed by atoms with Crippen molar-refractivity contribution in [3.8, 4) is 12.3 Å².